The summed E-state index contributed by atoms with van der Waals surface area (Å²) in [5, 5.41) is 9.85. The number of hydrogen-bond donors (Lipinski definition) is 1. The molecule has 1 aliphatic heterocycles. The van der Waals surface area contributed by atoms with Crippen LogP contribution in [0.25, 0.3) is 0 Å². The fraction of sp³-hybridized carbons (Fsp3) is 0.444. The molecule has 0 bridgehead atoms. The lowest BCUT2D eigenvalue weighted by Gasteiger charge is -2.40. The second-order valence-corrected chi connectivity index (χ2v) is 6.31. The summed E-state index contributed by atoms with van der Waals surface area (Å²) in [4.78, 5) is 18.5. The highest BCUT2D eigenvalue weighted by atomic mass is 16.5. The van der Waals surface area contributed by atoms with Crippen molar-refractivity contribution in [2.75, 3.05) is 20.2 Å². The lowest BCUT2D eigenvalue weighted by atomic mass is 9.86. The van der Waals surface area contributed by atoms with Gasteiger partial charge < -0.3 is 14.4 Å². The van der Waals surface area contributed by atoms with Gasteiger partial charge in [-0.1, -0.05) is 12.1 Å². The fourth-order valence-electron chi connectivity index (χ4n) is 3.50. The van der Waals surface area contributed by atoms with Crippen LogP contribution in [0.4, 0.5) is 0 Å². The summed E-state index contributed by atoms with van der Waals surface area (Å²) in [5.41, 5.74) is 0.293. The van der Waals surface area contributed by atoms with Crippen LogP contribution in [0.1, 0.15) is 24.2 Å². The Hall–Kier alpha value is -2.34. The zero-order chi connectivity index (χ0) is 17.2. The van der Waals surface area contributed by atoms with Crippen LogP contribution in [0, 0.1) is 6.92 Å². The van der Waals surface area contributed by atoms with E-state index in [9.17, 15) is 9.90 Å². The van der Waals surface area contributed by atoms with Gasteiger partial charge in [0.15, 0.2) is 0 Å². The molecule has 128 valence electrons. The van der Waals surface area contributed by atoms with Gasteiger partial charge in [0, 0.05) is 32.0 Å². The van der Waals surface area contributed by atoms with Crippen LogP contribution in [-0.4, -0.2) is 45.7 Å². The van der Waals surface area contributed by atoms with Crippen molar-refractivity contribution in [1.82, 2.24) is 14.5 Å². The number of aryl methyl sites for hydroxylation is 1. The Morgan fingerprint density at radius 1 is 1.38 bits per heavy atom. The molecule has 6 nitrogen and oxygen atoms in total. The molecule has 2 heterocycles. The first kappa shape index (κ1) is 16.5. The monoisotopic (exact) mass is 329 g/mol. The predicted molar refractivity (Wildman–Crippen MR) is 90.1 cm³/mol. The van der Waals surface area contributed by atoms with Crippen molar-refractivity contribution in [3.63, 3.8) is 0 Å². The van der Waals surface area contributed by atoms with E-state index in [4.69, 9.17) is 4.74 Å². The molecule has 2 aromatic rings. The van der Waals surface area contributed by atoms with Gasteiger partial charge in [0.2, 0.25) is 0 Å². The quantitative estimate of drug-likeness (QED) is 0.911. The van der Waals surface area contributed by atoms with Crippen LogP contribution in [0.3, 0.4) is 0 Å². The number of carbonyl (C=O) groups is 1. The van der Waals surface area contributed by atoms with E-state index in [1.165, 1.54) is 5.56 Å². The summed E-state index contributed by atoms with van der Waals surface area (Å²) < 4.78 is 7.08. The fourth-order valence-corrected chi connectivity index (χ4v) is 3.50. The number of piperidine rings is 1. The second-order valence-electron chi connectivity index (χ2n) is 6.31. The Kier molecular flexibility index (Phi) is 4.57. The van der Waals surface area contributed by atoms with Crippen molar-refractivity contribution in [1.29, 1.82) is 0 Å². The van der Waals surface area contributed by atoms with Gasteiger partial charge in [-0.25, -0.2) is 9.78 Å². The molecule has 1 N–H and O–H groups in total. The first-order chi connectivity index (χ1) is 11.5. The Labute approximate surface area is 141 Å². The number of nitrogens with zero attached hydrogens (tertiary/aromatic N) is 3. The molecule has 3 rings (SSSR count). The minimum Gasteiger partial charge on any atom is -0.497 e. The smallest absolute Gasteiger partial charge is 0.330 e. The number of carboxylic acids is 1. The number of hydrogen-bond acceptors (Lipinski definition) is 4. The lowest BCUT2D eigenvalue weighted by Crippen LogP contribution is -2.51. The van der Waals surface area contributed by atoms with E-state index in [0.29, 0.717) is 12.8 Å². The Balaban J connectivity index is 1.72. The average Bonchev–Trinajstić information content (AvgIpc) is 3.02. The molecular formula is C18H23N3O3. The average molecular weight is 329 g/mol. The Morgan fingerprint density at radius 3 is 2.71 bits per heavy atom. The minimum absolute atomic E-state index is 0.573. The number of aliphatic carboxylic acids is 1. The molecular weight excluding hydrogens is 306 g/mol. The lowest BCUT2D eigenvalue weighted by molar-refractivity contribution is -0.150. The number of rotatable bonds is 5. The molecule has 1 fully saturated rings. The molecule has 0 radical (unpaired) electrons. The van der Waals surface area contributed by atoms with E-state index in [1.807, 2.05) is 29.7 Å². The Morgan fingerprint density at radius 2 is 2.12 bits per heavy atom. The van der Waals surface area contributed by atoms with Gasteiger partial charge in [-0.05, 0) is 37.5 Å². The van der Waals surface area contributed by atoms with Crippen LogP contribution < -0.4 is 4.74 Å². The van der Waals surface area contributed by atoms with Gasteiger partial charge in [-0.15, -0.1) is 0 Å². The van der Waals surface area contributed by atoms with Crippen molar-refractivity contribution in [2.24, 2.45) is 0 Å². The van der Waals surface area contributed by atoms with E-state index in [2.05, 4.69) is 16.0 Å². The third kappa shape index (κ3) is 3.01. The van der Waals surface area contributed by atoms with Gasteiger partial charge in [0.25, 0.3) is 0 Å². The van der Waals surface area contributed by atoms with E-state index in [1.54, 1.807) is 19.5 Å². The maximum absolute atomic E-state index is 12.0. The summed E-state index contributed by atoms with van der Waals surface area (Å²) in [6, 6.07) is 8.01. The summed E-state index contributed by atoms with van der Waals surface area (Å²) in [7, 11) is 1.66. The topological polar surface area (TPSA) is 67.6 Å². The maximum atomic E-state index is 12.0. The SMILES string of the molecule is COc1cccc(CN2CCC(C(=O)O)(n3ccnc3C)CC2)c1. The first-order valence-corrected chi connectivity index (χ1v) is 8.14. The van der Waals surface area contributed by atoms with E-state index >= 15 is 0 Å². The van der Waals surface area contributed by atoms with Gasteiger partial charge in [-0.2, -0.15) is 0 Å². The summed E-state index contributed by atoms with van der Waals surface area (Å²) in [5.74, 6) is 0.821. The third-order valence-electron chi connectivity index (χ3n) is 4.91. The highest BCUT2D eigenvalue weighted by molar-refractivity contribution is 5.77. The van der Waals surface area contributed by atoms with Crippen LogP contribution in [0.2, 0.25) is 0 Å². The van der Waals surface area contributed by atoms with Gasteiger partial charge >= 0.3 is 5.97 Å². The molecule has 0 saturated carbocycles. The van der Waals surface area contributed by atoms with Crippen LogP contribution in [-0.2, 0) is 16.9 Å². The molecule has 0 spiro atoms. The van der Waals surface area contributed by atoms with Crippen LogP contribution in [0.15, 0.2) is 36.7 Å². The van der Waals surface area contributed by atoms with E-state index in [0.717, 1.165) is 31.2 Å². The number of methoxy groups -OCH3 is 1. The van der Waals surface area contributed by atoms with Gasteiger partial charge in [0.05, 0.1) is 7.11 Å². The van der Waals surface area contributed by atoms with Crippen LogP contribution >= 0.6 is 0 Å². The molecule has 24 heavy (non-hydrogen) atoms. The zero-order valence-corrected chi connectivity index (χ0v) is 14.1. The molecule has 6 heteroatoms. The number of likely N-dealkylation sites (tertiary alicyclic amines) is 1. The standard InChI is InChI=1S/C18H23N3O3/c1-14-19-8-11-21(14)18(17(22)23)6-9-20(10-7-18)13-15-4-3-5-16(12-15)24-2/h3-5,8,11-12H,6-7,9-10,13H2,1-2H3,(H,22,23). The Bertz CT molecular complexity index is 718. The summed E-state index contributed by atoms with van der Waals surface area (Å²) in [6.45, 7) is 4.13. The number of carboxylic acid groups (broad SMARTS) is 1. The summed E-state index contributed by atoms with van der Waals surface area (Å²) >= 11 is 0. The van der Waals surface area contributed by atoms with Gasteiger partial charge in [0.1, 0.15) is 17.1 Å². The van der Waals surface area contributed by atoms with Gasteiger partial charge in [-0.3, -0.25) is 4.90 Å². The molecule has 1 saturated heterocycles. The normalized spacial score (nSPS) is 17.6. The largest absolute Gasteiger partial charge is 0.497 e. The van der Waals surface area contributed by atoms with E-state index in [-0.39, 0.29) is 0 Å². The van der Waals surface area contributed by atoms with Crippen molar-refractivity contribution in [3.8, 4) is 5.75 Å². The minimum atomic E-state index is -0.883. The number of aromatic nitrogens is 2. The van der Waals surface area contributed by atoms with Crippen molar-refractivity contribution < 1.29 is 14.6 Å². The van der Waals surface area contributed by atoms with Crippen molar-refractivity contribution >= 4 is 5.97 Å². The number of imidazole rings is 1. The van der Waals surface area contributed by atoms with Crippen LogP contribution in [0.5, 0.6) is 5.75 Å². The number of ether oxygens (including phenoxy) is 1. The van der Waals surface area contributed by atoms with Crippen molar-refractivity contribution in [3.05, 3.63) is 48.0 Å². The number of benzene rings is 1. The highest BCUT2D eigenvalue weighted by Crippen LogP contribution is 2.32. The molecule has 0 atom stereocenters. The van der Waals surface area contributed by atoms with Crippen molar-refractivity contribution in [2.45, 2.75) is 31.8 Å². The first-order valence-electron chi connectivity index (χ1n) is 8.14. The molecule has 0 aliphatic carbocycles. The zero-order valence-electron chi connectivity index (χ0n) is 14.1. The molecule has 1 aromatic heterocycles. The molecule has 1 aliphatic rings. The molecule has 0 unspecified atom stereocenters. The molecule has 0 amide bonds. The second kappa shape index (κ2) is 6.65. The maximum Gasteiger partial charge on any atom is 0.330 e. The summed E-state index contributed by atoms with van der Waals surface area (Å²) in [6.07, 6.45) is 4.59. The third-order valence-corrected chi connectivity index (χ3v) is 4.91. The highest BCUT2D eigenvalue weighted by Gasteiger charge is 2.43. The molecule has 1 aromatic carbocycles. The predicted octanol–water partition coefficient (Wildman–Crippen LogP) is 2.28. The van der Waals surface area contributed by atoms with E-state index < -0.39 is 11.5 Å².